The van der Waals surface area contributed by atoms with Crippen LogP contribution < -0.4 is 25.8 Å². The second-order valence-electron chi connectivity index (χ2n) is 18.7. The number of nitrogens with zero attached hydrogens (tertiary/aromatic N) is 8. The van der Waals surface area contributed by atoms with E-state index in [0.29, 0.717) is 104 Å². The van der Waals surface area contributed by atoms with Crippen LogP contribution in [0.4, 0.5) is 40.8 Å². The Morgan fingerprint density at radius 2 is 1.69 bits per heavy atom. The van der Waals surface area contributed by atoms with E-state index in [9.17, 15) is 23.6 Å². The molecule has 6 aliphatic rings. The van der Waals surface area contributed by atoms with Gasteiger partial charge in [-0.15, -0.1) is 5.10 Å². The number of benzene rings is 2. The summed E-state index contributed by atoms with van der Waals surface area (Å²) in [6, 6.07) is 9.30. The van der Waals surface area contributed by atoms with Crippen molar-refractivity contribution in [3.8, 4) is 0 Å². The molecule has 5 amide bonds. The zero-order chi connectivity index (χ0) is 45.4. The monoisotopic (exact) mass is 915 g/mol. The Hall–Kier alpha value is -5.46. The molecule has 7 heterocycles. The van der Waals surface area contributed by atoms with Gasteiger partial charge in [-0.2, -0.15) is 0 Å². The topological polar surface area (TPSA) is 151 Å². The van der Waals surface area contributed by atoms with Gasteiger partial charge in [-0.05, 0) is 98.8 Å². The first kappa shape index (κ1) is 43.4. The molecule has 4 aromatic rings. The number of likely N-dealkylation sites (tertiary alicyclic amines) is 3. The summed E-state index contributed by atoms with van der Waals surface area (Å²) in [6.45, 7) is 5.50. The predicted octanol–water partition coefficient (Wildman–Crippen LogP) is 5.94. The summed E-state index contributed by atoms with van der Waals surface area (Å²) in [5, 5.41) is 13.4. The molecular weight excluding hydrogens is 863 g/mol. The first-order valence-electron chi connectivity index (χ1n) is 22.7. The molecule has 3 N–H and O–H groups in total. The van der Waals surface area contributed by atoms with Crippen molar-refractivity contribution in [3.63, 3.8) is 0 Å². The lowest BCUT2D eigenvalue weighted by Crippen LogP contribution is -2.60. The number of anilines is 4. The summed E-state index contributed by atoms with van der Waals surface area (Å²) in [5.41, 5.74) is 5.91. The number of piperidine rings is 3. The third kappa shape index (κ3) is 8.15. The predicted molar refractivity (Wildman–Crippen MR) is 239 cm³/mol. The normalized spacial score (nSPS) is 24.3. The van der Waals surface area contributed by atoms with Crippen LogP contribution in [-0.4, -0.2) is 137 Å². The molecule has 0 bridgehead atoms. The van der Waals surface area contributed by atoms with Gasteiger partial charge in [0, 0.05) is 81.5 Å². The maximum absolute atomic E-state index is 16.2. The maximum atomic E-state index is 16.2. The van der Waals surface area contributed by atoms with E-state index in [4.69, 9.17) is 16.7 Å². The molecule has 5 aliphatic heterocycles. The lowest BCUT2D eigenvalue weighted by atomic mass is 9.70. The van der Waals surface area contributed by atoms with Crippen LogP contribution in [0.1, 0.15) is 82.5 Å². The second kappa shape index (κ2) is 16.8. The third-order valence-electron chi connectivity index (χ3n) is 14.7. The largest absolute Gasteiger partial charge is 0.385 e. The molecule has 1 saturated carbocycles. The van der Waals surface area contributed by atoms with Crippen molar-refractivity contribution in [2.24, 2.45) is 5.41 Å². The molecule has 10 rings (SSSR count). The van der Waals surface area contributed by atoms with Gasteiger partial charge in [0.25, 0.3) is 17.7 Å². The van der Waals surface area contributed by atoms with Crippen LogP contribution >= 0.6 is 11.6 Å². The number of rotatable bonds is 9. The highest BCUT2D eigenvalue weighted by Gasteiger charge is 2.50. The van der Waals surface area contributed by atoms with Crippen LogP contribution in [0.2, 0.25) is 5.02 Å². The van der Waals surface area contributed by atoms with Gasteiger partial charge < -0.3 is 20.4 Å². The Kier molecular flexibility index (Phi) is 11.2. The Balaban J connectivity index is 0.750. The standard InChI is InChI=1S/C46H53ClF3N11O4/c1-27-31(47)20-29(21-36(27)60-15-8-40(62)54-44(60)65)43(64)58-18-11-45(12-19-58)9-16-57(17-10-45)38-7-13-56(26-46(38,49)50)25-28-4-3-5-35-30(28)6-14-59(35)39-23-34(51-2)41-52-24-37(61(41)55-39)42(63)53-33-22-32(33)48/h3-5,20-21,23-24,32-33,38,51H,6-19,22,25-26H2,1-2H3,(H,53,63)(H,54,62,65)/t32-,33+,38?/m0/s1. The molecular formula is C46H53ClF3N11O4. The minimum atomic E-state index is -2.90. The fourth-order valence-electron chi connectivity index (χ4n) is 10.7. The Morgan fingerprint density at radius 1 is 0.954 bits per heavy atom. The van der Waals surface area contributed by atoms with Crippen molar-refractivity contribution < 1.29 is 32.3 Å². The van der Waals surface area contributed by atoms with E-state index in [-0.39, 0.29) is 42.4 Å². The van der Waals surface area contributed by atoms with Gasteiger partial charge in [0.1, 0.15) is 6.17 Å². The summed E-state index contributed by atoms with van der Waals surface area (Å²) >= 11 is 6.56. The van der Waals surface area contributed by atoms with Crippen molar-refractivity contribution in [3.05, 3.63) is 75.6 Å². The van der Waals surface area contributed by atoms with Gasteiger partial charge in [0.05, 0.1) is 36.2 Å². The molecule has 1 aliphatic carbocycles. The van der Waals surface area contributed by atoms with E-state index in [1.165, 1.54) is 15.6 Å². The molecule has 5 fully saturated rings. The van der Waals surface area contributed by atoms with Crippen LogP contribution in [0.3, 0.4) is 0 Å². The van der Waals surface area contributed by atoms with Crippen LogP contribution in [0, 0.1) is 12.3 Å². The molecule has 4 saturated heterocycles. The SMILES string of the molecule is CNc1cc(N2CCc3c(CN4CCC(N5CCC6(CCN(C(=O)c7cc(Cl)c(C)c(N8CCC(=O)NC8=O)c7)CC6)CC5)C(F)(F)C4)cccc32)nn2c(C(=O)N[C@@H]3C[C@@H]3F)cnc12. The fraction of sp³-hybridized carbons (Fsp3) is 0.522. The first-order valence-corrected chi connectivity index (χ1v) is 23.0. The van der Waals surface area contributed by atoms with Crippen molar-refractivity contribution in [2.75, 3.05) is 74.5 Å². The van der Waals surface area contributed by atoms with E-state index in [0.717, 1.165) is 42.5 Å². The number of carbonyl (C=O) groups is 4. The van der Waals surface area contributed by atoms with Crippen molar-refractivity contribution in [1.82, 2.24) is 39.9 Å². The van der Waals surface area contributed by atoms with E-state index in [2.05, 4.69) is 25.8 Å². The minimum absolute atomic E-state index is 0.0126. The molecule has 2 aromatic heterocycles. The average Bonchev–Trinajstić information content (AvgIpc) is 3.59. The molecule has 1 spiro atoms. The molecule has 15 nitrogen and oxygen atoms in total. The van der Waals surface area contributed by atoms with Gasteiger partial charge in [0.2, 0.25) is 5.91 Å². The number of hydrogen-bond donors (Lipinski definition) is 3. The van der Waals surface area contributed by atoms with Crippen molar-refractivity contribution >= 4 is 63.9 Å². The zero-order valence-electron chi connectivity index (χ0n) is 36.5. The number of alkyl halides is 3. The number of fused-ring (bicyclic) bond motifs is 2. The Labute approximate surface area is 379 Å². The highest BCUT2D eigenvalue weighted by atomic mass is 35.5. The maximum Gasteiger partial charge on any atom is 0.328 e. The number of hydrogen-bond acceptors (Lipinski definition) is 10. The number of halogens is 4. The number of aromatic nitrogens is 3. The molecule has 3 atom stereocenters. The number of amides is 5. The summed E-state index contributed by atoms with van der Waals surface area (Å²) in [7, 11) is 1.77. The van der Waals surface area contributed by atoms with Gasteiger partial charge >= 0.3 is 6.03 Å². The van der Waals surface area contributed by atoms with Gasteiger partial charge in [-0.1, -0.05) is 23.7 Å². The molecule has 1 unspecified atom stereocenters. The van der Waals surface area contributed by atoms with Gasteiger partial charge in [-0.3, -0.25) is 34.4 Å². The lowest BCUT2D eigenvalue weighted by Gasteiger charge is -2.51. The smallest absolute Gasteiger partial charge is 0.328 e. The Bertz CT molecular complexity index is 2570. The average molecular weight is 916 g/mol. The summed E-state index contributed by atoms with van der Waals surface area (Å²) < 4.78 is 47.5. The number of urea groups is 1. The summed E-state index contributed by atoms with van der Waals surface area (Å²) in [5.74, 6) is -3.25. The van der Waals surface area contributed by atoms with E-state index in [1.807, 2.05) is 39.0 Å². The van der Waals surface area contributed by atoms with Gasteiger partial charge in [-0.25, -0.2) is 27.5 Å². The quantitative estimate of drug-likeness (QED) is 0.184. The first-order chi connectivity index (χ1) is 31.2. The Morgan fingerprint density at radius 3 is 2.40 bits per heavy atom. The molecule has 344 valence electrons. The van der Waals surface area contributed by atoms with E-state index >= 15 is 8.78 Å². The molecule has 0 radical (unpaired) electrons. The second-order valence-corrected chi connectivity index (χ2v) is 19.1. The summed E-state index contributed by atoms with van der Waals surface area (Å²) in [6.07, 6.45) is 5.10. The van der Waals surface area contributed by atoms with E-state index < -0.39 is 36.1 Å². The number of carbonyl (C=O) groups excluding carboxylic acids is 4. The van der Waals surface area contributed by atoms with Crippen LogP contribution in [0.15, 0.2) is 42.6 Å². The lowest BCUT2D eigenvalue weighted by molar-refractivity contribution is -0.139. The number of imidazole rings is 1. The molecule has 65 heavy (non-hydrogen) atoms. The highest BCUT2D eigenvalue weighted by Crippen LogP contribution is 2.45. The highest BCUT2D eigenvalue weighted by molar-refractivity contribution is 6.32. The molecule has 2 aromatic carbocycles. The zero-order valence-corrected chi connectivity index (χ0v) is 37.3. The number of imide groups is 1. The van der Waals surface area contributed by atoms with Gasteiger partial charge in [0.15, 0.2) is 17.2 Å². The minimum Gasteiger partial charge on any atom is -0.385 e. The van der Waals surface area contributed by atoms with Crippen LogP contribution in [0.25, 0.3) is 5.65 Å². The van der Waals surface area contributed by atoms with Crippen molar-refractivity contribution in [1.29, 1.82) is 0 Å². The fourth-order valence-corrected chi connectivity index (χ4v) is 11.0. The number of nitrogens with one attached hydrogen (secondary N) is 3. The van der Waals surface area contributed by atoms with Crippen LogP contribution in [-0.2, 0) is 17.8 Å². The third-order valence-corrected chi connectivity index (χ3v) is 15.1. The van der Waals surface area contributed by atoms with Crippen LogP contribution in [0.5, 0.6) is 0 Å². The van der Waals surface area contributed by atoms with E-state index in [1.54, 1.807) is 26.1 Å². The molecule has 19 heteroatoms. The van der Waals surface area contributed by atoms with Crippen molar-refractivity contribution in [2.45, 2.75) is 89.0 Å². The summed E-state index contributed by atoms with van der Waals surface area (Å²) in [4.78, 5) is 64.8.